The van der Waals surface area contributed by atoms with Crippen LogP contribution in [0.2, 0.25) is 0 Å². The zero-order valence-electron chi connectivity index (χ0n) is 13.0. The Morgan fingerprint density at radius 2 is 2.05 bits per heavy atom. The van der Waals surface area contributed by atoms with Crippen LogP contribution in [0.25, 0.3) is 10.9 Å². The molecule has 1 heterocycles. The number of aromatic amines is 1. The summed E-state index contributed by atoms with van der Waals surface area (Å²) in [7, 11) is 3.85. The molecular formula is C16H22N2O3. The van der Waals surface area contributed by atoms with Crippen LogP contribution in [0.5, 0.6) is 5.75 Å². The topological polar surface area (TPSA) is 65.6 Å². The molecule has 2 rings (SSSR count). The van der Waals surface area contributed by atoms with Crippen molar-refractivity contribution in [3.63, 3.8) is 0 Å². The molecule has 114 valence electrons. The fourth-order valence-corrected chi connectivity index (χ4v) is 2.57. The number of carbonyl (C=O) groups is 1. The van der Waals surface area contributed by atoms with E-state index in [1.54, 1.807) is 19.1 Å². The Hall–Kier alpha value is -2.01. The third kappa shape index (κ3) is 2.88. The van der Waals surface area contributed by atoms with Gasteiger partial charge in [-0.1, -0.05) is 6.92 Å². The quantitative estimate of drug-likeness (QED) is 0.831. The maximum absolute atomic E-state index is 12.3. The number of aromatic nitrogens is 1. The Bertz CT molecular complexity index is 659. The molecule has 0 spiro atoms. The number of nitrogens with zero attached hydrogens (tertiary/aromatic N) is 1. The average molecular weight is 290 g/mol. The van der Waals surface area contributed by atoms with E-state index in [1.807, 2.05) is 25.9 Å². The van der Waals surface area contributed by atoms with Crippen LogP contribution < -0.4 is 0 Å². The normalized spacial score (nSPS) is 11.3. The molecule has 0 saturated carbocycles. The Labute approximate surface area is 124 Å². The van der Waals surface area contributed by atoms with Crippen LogP contribution in [-0.2, 0) is 17.7 Å². The van der Waals surface area contributed by atoms with Gasteiger partial charge >= 0.3 is 5.97 Å². The molecule has 0 aliphatic heterocycles. The number of phenols is 1. The zero-order valence-corrected chi connectivity index (χ0v) is 13.0. The highest BCUT2D eigenvalue weighted by atomic mass is 16.5. The SMILES string of the molecule is CCOC(=O)c1c(CC)[nH]c2ccc(O)c(CN(C)C)c12. The molecule has 0 saturated heterocycles. The molecule has 21 heavy (non-hydrogen) atoms. The minimum atomic E-state index is -0.341. The first-order valence-electron chi connectivity index (χ1n) is 7.16. The molecule has 0 unspecified atom stereocenters. The Morgan fingerprint density at radius 1 is 1.33 bits per heavy atom. The molecular weight excluding hydrogens is 268 g/mol. The van der Waals surface area contributed by atoms with Crippen LogP contribution in [0.1, 0.15) is 35.5 Å². The van der Waals surface area contributed by atoms with E-state index >= 15 is 0 Å². The van der Waals surface area contributed by atoms with Crippen molar-refractivity contribution in [3.05, 3.63) is 29.0 Å². The Kier molecular flexibility index (Phi) is 4.53. The Balaban J connectivity index is 2.73. The van der Waals surface area contributed by atoms with Crippen molar-refractivity contribution < 1.29 is 14.6 Å². The van der Waals surface area contributed by atoms with Gasteiger partial charge in [0.1, 0.15) is 5.75 Å². The summed E-state index contributed by atoms with van der Waals surface area (Å²) in [5.41, 5.74) is 2.98. The molecule has 2 N–H and O–H groups in total. The predicted octanol–water partition coefficient (Wildman–Crippen LogP) is 2.67. The predicted molar refractivity (Wildman–Crippen MR) is 82.7 cm³/mol. The van der Waals surface area contributed by atoms with Gasteiger partial charge in [-0.05, 0) is 39.6 Å². The lowest BCUT2D eigenvalue weighted by molar-refractivity contribution is 0.0527. The van der Waals surface area contributed by atoms with Crippen LogP contribution in [0.15, 0.2) is 12.1 Å². The number of hydrogen-bond acceptors (Lipinski definition) is 4. The monoisotopic (exact) mass is 290 g/mol. The molecule has 0 radical (unpaired) electrons. The van der Waals surface area contributed by atoms with Gasteiger partial charge in [-0.3, -0.25) is 0 Å². The van der Waals surface area contributed by atoms with E-state index in [0.717, 1.165) is 22.2 Å². The number of carbonyl (C=O) groups excluding carboxylic acids is 1. The molecule has 0 bridgehead atoms. The number of nitrogens with one attached hydrogen (secondary N) is 1. The fourth-order valence-electron chi connectivity index (χ4n) is 2.57. The average Bonchev–Trinajstić information content (AvgIpc) is 2.80. The van der Waals surface area contributed by atoms with E-state index in [2.05, 4.69) is 4.98 Å². The molecule has 0 fully saturated rings. The number of benzene rings is 1. The van der Waals surface area contributed by atoms with E-state index in [9.17, 15) is 9.90 Å². The van der Waals surface area contributed by atoms with Crippen LogP contribution in [0.3, 0.4) is 0 Å². The second-order valence-corrected chi connectivity index (χ2v) is 5.28. The zero-order chi connectivity index (χ0) is 15.6. The standard InChI is InChI=1S/C16H22N2O3/c1-5-11-15(16(20)21-6-2)14-10(9-18(3)4)13(19)8-7-12(14)17-11/h7-8,17,19H,5-6,9H2,1-4H3. The number of phenolic OH excluding ortho intramolecular Hbond substituents is 1. The van der Waals surface area contributed by atoms with Crippen molar-refractivity contribution in [2.45, 2.75) is 26.8 Å². The van der Waals surface area contributed by atoms with Crippen molar-refractivity contribution in [2.24, 2.45) is 0 Å². The summed E-state index contributed by atoms with van der Waals surface area (Å²) < 4.78 is 5.18. The summed E-state index contributed by atoms with van der Waals surface area (Å²) in [5.74, 6) is -0.144. The van der Waals surface area contributed by atoms with Crippen molar-refractivity contribution in [2.75, 3.05) is 20.7 Å². The number of hydrogen-bond donors (Lipinski definition) is 2. The smallest absolute Gasteiger partial charge is 0.340 e. The number of aromatic hydroxyl groups is 1. The number of rotatable bonds is 5. The third-order valence-electron chi connectivity index (χ3n) is 3.43. The van der Waals surface area contributed by atoms with Crippen LogP contribution in [0.4, 0.5) is 0 Å². The van der Waals surface area contributed by atoms with E-state index in [0.29, 0.717) is 25.1 Å². The minimum absolute atomic E-state index is 0.198. The van der Waals surface area contributed by atoms with Crippen molar-refractivity contribution in [3.8, 4) is 5.75 Å². The summed E-state index contributed by atoms with van der Waals surface area (Å²) in [6.07, 6.45) is 0.699. The van der Waals surface area contributed by atoms with Gasteiger partial charge in [0.05, 0.1) is 12.2 Å². The number of fused-ring (bicyclic) bond motifs is 1. The summed E-state index contributed by atoms with van der Waals surface area (Å²) >= 11 is 0. The van der Waals surface area contributed by atoms with Gasteiger partial charge in [-0.25, -0.2) is 4.79 Å². The van der Waals surface area contributed by atoms with E-state index < -0.39 is 0 Å². The third-order valence-corrected chi connectivity index (χ3v) is 3.43. The van der Waals surface area contributed by atoms with Crippen molar-refractivity contribution >= 4 is 16.9 Å². The van der Waals surface area contributed by atoms with E-state index in [4.69, 9.17) is 4.74 Å². The number of ether oxygens (including phenoxy) is 1. The highest BCUT2D eigenvalue weighted by molar-refractivity contribution is 6.07. The largest absolute Gasteiger partial charge is 0.508 e. The van der Waals surface area contributed by atoms with Gasteiger partial charge in [0.2, 0.25) is 0 Å². The fraction of sp³-hybridized carbons (Fsp3) is 0.438. The Morgan fingerprint density at radius 3 is 2.62 bits per heavy atom. The lowest BCUT2D eigenvalue weighted by Gasteiger charge is -2.13. The van der Waals surface area contributed by atoms with E-state index in [-0.39, 0.29) is 11.7 Å². The van der Waals surface area contributed by atoms with Gasteiger partial charge in [-0.2, -0.15) is 0 Å². The molecule has 0 amide bonds. The minimum Gasteiger partial charge on any atom is -0.508 e. The van der Waals surface area contributed by atoms with Gasteiger partial charge in [-0.15, -0.1) is 0 Å². The summed E-state index contributed by atoms with van der Waals surface area (Å²) in [6, 6.07) is 3.46. The first-order chi connectivity index (χ1) is 9.99. The number of esters is 1. The first kappa shape index (κ1) is 15.4. The van der Waals surface area contributed by atoms with Gasteiger partial charge in [0.25, 0.3) is 0 Å². The summed E-state index contributed by atoms with van der Waals surface area (Å²) in [5, 5.41) is 10.9. The number of H-pyrrole nitrogens is 1. The van der Waals surface area contributed by atoms with Crippen LogP contribution in [0, 0.1) is 0 Å². The lowest BCUT2D eigenvalue weighted by Crippen LogP contribution is -2.12. The van der Waals surface area contributed by atoms with Crippen molar-refractivity contribution in [1.29, 1.82) is 0 Å². The molecule has 0 aliphatic rings. The maximum Gasteiger partial charge on any atom is 0.340 e. The highest BCUT2D eigenvalue weighted by Gasteiger charge is 2.22. The van der Waals surface area contributed by atoms with Gasteiger partial charge in [0, 0.05) is 28.7 Å². The lowest BCUT2D eigenvalue weighted by atomic mass is 10.0. The molecule has 5 nitrogen and oxygen atoms in total. The van der Waals surface area contributed by atoms with E-state index in [1.165, 1.54) is 0 Å². The maximum atomic E-state index is 12.3. The number of aryl methyl sites for hydroxylation is 1. The molecule has 1 aromatic carbocycles. The first-order valence-corrected chi connectivity index (χ1v) is 7.16. The molecule has 0 aliphatic carbocycles. The van der Waals surface area contributed by atoms with Crippen LogP contribution >= 0.6 is 0 Å². The highest BCUT2D eigenvalue weighted by Crippen LogP contribution is 2.33. The molecule has 0 atom stereocenters. The molecule has 5 heteroatoms. The van der Waals surface area contributed by atoms with Crippen molar-refractivity contribution in [1.82, 2.24) is 9.88 Å². The van der Waals surface area contributed by atoms with Gasteiger partial charge in [0.15, 0.2) is 0 Å². The summed E-state index contributed by atoms with van der Waals surface area (Å²) in [6.45, 7) is 4.66. The van der Waals surface area contributed by atoms with Crippen LogP contribution in [-0.4, -0.2) is 41.7 Å². The second kappa shape index (κ2) is 6.18. The molecule has 1 aromatic heterocycles. The molecule has 2 aromatic rings. The summed E-state index contributed by atoms with van der Waals surface area (Å²) in [4.78, 5) is 17.5. The van der Waals surface area contributed by atoms with Gasteiger partial charge < -0.3 is 19.7 Å². The second-order valence-electron chi connectivity index (χ2n) is 5.28.